The summed E-state index contributed by atoms with van der Waals surface area (Å²) in [5, 5.41) is 23.9. The second-order valence-electron chi connectivity index (χ2n) is 4.94. The molecule has 0 fully saturated rings. The van der Waals surface area contributed by atoms with E-state index in [4.69, 9.17) is 15.7 Å². The summed E-state index contributed by atoms with van der Waals surface area (Å²) in [7, 11) is 1.42. The summed E-state index contributed by atoms with van der Waals surface area (Å²) < 4.78 is 4.90. The molecule has 7 nitrogen and oxygen atoms in total. The minimum Gasteiger partial charge on any atom is -0.504 e. The number of oxime groups is 1. The van der Waals surface area contributed by atoms with E-state index in [2.05, 4.69) is 10.5 Å². The van der Waals surface area contributed by atoms with Gasteiger partial charge in [0.2, 0.25) is 0 Å². The van der Waals surface area contributed by atoms with Crippen LogP contribution in [0.1, 0.15) is 24.2 Å². The van der Waals surface area contributed by atoms with E-state index in [0.717, 1.165) is 0 Å². The van der Waals surface area contributed by atoms with Crippen molar-refractivity contribution in [2.24, 2.45) is 16.3 Å². The first kappa shape index (κ1) is 15.6. The molecule has 0 aliphatic heterocycles. The third-order valence-electron chi connectivity index (χ3n) is 2.93. The van der Waals surface area contributed by atoms with Gasteiger partial charge in [0.15, 0.2) is 11.5 Å². The van der Waals surface area contributed by atoms with E-state index in [-0.39, 0.29) is 24.0 Å². The molecule has 0 aliphatic carbocycles. The Labute approximate surface area is 117 Å². The second kappa shape index (κ2) is 6.14. The van der Waals surface area contributed by atoms with Gasteiger partial charge in [-0.3, -0.25) is 4.79 Å². The molecule has 1 aromatic rings. The minimum absolute atomic E-state index is 0.0235. The van der Waals surface area contributed by atoms with Crippen molar-refractivity contribution in [1.29, 1.82) is 0 Å². The van der Waals surface area contributed by atoms with Gasteiger partial charge in [0.1, 0.15) is 5.84 Å². The van der Waals surface area contributed by atoms with Gasteiger partial charge in [0, 0.05) is 17.5 Å². The van der Waals surface area contributed by atoms with Gasteiger partial charge >= 0.3 is 0 Å². The molecular formula is C13H19N3O4. The first-order valence-corrected chi connectivity index (χ1v) is 5.95. The number of aromatic hydroxyl groups is 1. The Morgan fingerprint density at radius 2 is 2.15 bits per heavy atom. The smallest absolute Gasteiger partial charge is 0.251 e. The molecule has 0 aliphatic rings. The Hall–Kier alpha value is -2.44. The lowest BCUT2D eigenvalue weighted by molar-refractivity contribution is 0.0944. The van der Waals surface area contributed by atoms with E-state index in [9.17, 15) is 9.90 Å². The lowest BCUT2D eigenvalue weighted by Gasteiger charge is -2.23. The highest BCUT2D eigenvalue weighted by atomic mass is 16.5. The van der Waals surface area contributed by atoms with Gasteiger partial charge in [0.05, 0.1) is 7.11 Å². The largest absolute Gasteiger partial charge is 0.504 e. The van der Waals surface area contributed by atoms with Gasteiger partial charge in [-0.2, -0.15) is 0 Å². The highest BCUT2D eigenvalue weighted by Crippen LogP contribution is 2.26. The number of ether oxygens (including phenoxy) is 1. The summed E-state index contributed by atoms with van der Waals surface area (Å²) in [5.74, 6) is -0.175. The summed E-state index contributed by atoms with van der Waals surface area (Å²) in [4.78, 5) is 11.9. The quantitative estimate of drug-likeness (QED) is 0.277. The van der Waals surface area contributed by atoms with Crippen molar-refractivity contribution in [3.63, 3.8) is 0 Å². The van der Waals surface area contributed by atoms with Crippen LogP contribution in [0.4, 0.5) is 0 Å². The molecule has 0 unspecified atom stereocenters. The number of phenolic OH excluding ortho intramolecular Hbond substituents is 1. The minimum atomic E-state index is -0.682. The van der Waals surface area contributed by atoms with Crippen LogP contribution in [0.15, 0.2) is 23.4 Å². The van der Waals surface area contributed by atoms with E-state index in [1.807, 2.05) is 0 Å². The van der Waals surface area contributed by atoms with Gasteiger partial charge in [-0.15, -0.1) is 0 Å². The van der Waals surface area contributed by atoms with Crippen LogP contribution in [0.5, 0.6) is 11.5 Å². The molecule has 0 saturated carbocycles. The highest BCUT2D eigenvalue weighted by Gasteiger charge is 2.24. The molecule has 1 amide bonds. The fraction of sp³-hybridized carbons (Fsp3) is 0.385. The molecule has 20 heavy (non-hydrogen) atoms. The molecule has 0 atom stereocenters. The average molecular weight is 281 g/mol. The number of nitrogens with zero attached hydrogens (tertiary/aromatic N) is 1. The predicted octanol–water partition coefficient (Wildman–Crippen LogP) is 0.903. The second-order valence-corrected chi connectivity index (χ2v) is 4.94. The van der Waals surface area contributed by atoms with E-state index >= 15 is 0 Å². The third kappa shape index (κ3) is 3.53. The van der Waals surface area contributed by atoms with Crippen LogP contribution in [0.25, 0.3) is 0 Å². The van der Waals surface area contributed by atoms with Crippen molar-refractivity contribution in [2.45, 2.75) is 13.8 Å². The van der Waals surface area contributed by atoms with Gasteiger partial charge in [0.25, 0.3) is 5.91 Å². The Bertz CT molecular complexity index is 526. The number of carbonyl (C=O) groups is 1. The zero-order valence-corrected chi connectivity index (χ0v) is 11.7. The Morgan fingerprint density at radius 1 is 1.50 bits per heavy atom. The Morgan fingerprint density at radius 3 is 2.65 bits per heavy atom. The number of hydrogen-bond acceptors (Lipinski definition) is 5. The zero-order valence-electron chi connectivity index (χ0n) is 11.7. The molecule has 0 radical (unpaired) electrons. The fourth-order valence-corrected chi connectivity index (χ4v) is 1.46. The number of nitrogens with one attached hydrogen (secondary N) is 1. The number of hydrogen-bond donors (Lipinski definition) is 4. The molecule has 0 aromatic heterocycles. The molecule has 1 rings (SSSR count). The monoisotopic (exact) mass is 281 g/mol. The number of rotatable bonds is 5. The van der Waals surface area contributed by atoms with Crippen LogP contribution in [-0.2, 0) is 0 Å². The summed E-state index contributed by atoms with van der Waals surface area (Å²) in [6.45, 7) is 3.65. The normalized spacial score (nSPS) is 12.1. The molecule has 0 spiro atoms. The number of phenols is 1. The van der Waals surface area contributed by atoms with E-state index in [0.29, 0.717) is 11.3 Å². The number of amides is 1. The molecule has 0 saturated heterocycles. The van der Waals surface area contributed by atoms with Crippen LogP contribution < -0.4 is 15.8 Å². The average Bonchev–Trinajstić information content (AvgIpc) is 2.43. The van der Waals surface area contributed by atoms with Crippen molar-refractivity contribution in [3.8, 4) is 11.5 Å². The lowest BCUT2D eigenvalue weighted by atomic mass is 9.92. The fourth-order valence-electron chi connectivity index (χ4n) is 1.46. The van der Waals surface area contributed by atoms with E-state index < -0.39 is 5.41 Å². The van der Waals surface area contributed by atoms with E-state index in [1.54, 1.807) is 13.8 Å². The van der Waals surface area contributed by atoms with Crippen molar-refractivity contribution >= 4 is 11.7 Å². The molecule has 5 N–H and O–H groups in total. The van der Waals surface area contributed by atoms with Crippen molar-refractivity contribution < 1.29 is 19.8 Å². The van der Waals surface area contributed by atoms with Gasteiger partial charge in [-0.25, -0.2) is 0 Å². The van der Waals surface area contributed by atoms with Crippen molar-refractivity contribution in [1.82, 2.24) is 5.32 Å². The SMILES string of the molecule is COc1ccc(C(=O)NCC(C)(C)/C(N)=N/O)cc1O. The van der Waals surface area contributed by atoms with Gasteiger partial charge in [-0.1, -0.05) is 19.0 Å². The number of carbonyl (C=O) groups excluding carboxylic acids is 1. The van der Waals surface area contributed by atoms with Crippen LogP contribution >= 0.6 is 0 Å². The van der Waals surface area contributed by atoms with Crippen molar-refractivity contribution in [3.05, 3.63) is 23.8 Å². The maximum Gasteiger partial charge on any atom is 0.251 e. The Kier molecular flexibility index (Phi) is 4.79. The topological polar surface area (TPSA) is 117 Å². The van der Waals surface area contributed by atoms with Crippen LogP contribution in [0, 0.1) is 5.41 Å². The molecule has 110 valence electrons. The number of nitrogens with two attached hydrogens (primary N) is 1. The van der Waals surface area contributed by atoms with Gasteiger partial charge in [-0.05, 0) is 18.2 Å². The summed E-state index contributed by atoms with van der Waals surface area (Å²) in [6.07, 6.45) is 0. The predicted molar refractivity (Wildman–Crippen MR) is 74.2 cm³/mol. The molecular weight excluding hydrogens is 262 g/mol. The van der Waals surface area contributed by atoms with Crippen LogP contribution in [0.2, 0.25) is 0 Å². The lowest BCUT2D eigenvalue weighted by Crippen LogP contribution is -2.42. The molecule has 0 heterocycles. The first-order chi connectivity index (χ1) is 9.31. The summed E-state index contributed by atoms with van der Waals surface area (Å²) >= 11 is 0. The summed E-state index contributed by atoms with van der Waals surface area (Å²) in [6, 6.07) is 4.34. The van der Waals surface area contributed by atoms with Gasteiger partial charge < -0.3 is 26.1 Å². The number of methoxy groups -OCH3 is 1. The number of benzene rings is 1. The standard InChI is InChI=1S/C13H19N3O4/c1-13(2,12(14)16-19)7-15-11(18)8-4-5-10(20-3)9(17)6-8/h4-6,17,19H,7H2,1-3H3,(H2,14,16)(H,15,18). The zero-order chi connectivity index (χ0) is 15.3. The molecule has 1 aromatic carbocycles. The maximum atomic E-state index is 11.9. The van der Waals surface area contributed by atoms with Crippen LogP contribution in [0.3, 0.4) is 0 Å². The maximum absolute atomic E-state index is 11.9. The third-order valence-corrected chi connectivity index (χ3v) is 2.93. The first-order valence-electron chi connectivity index (χ1n) is 5.95. The highest BCUT2D eigenvalue weighted by molar-refractivity contribution is 5.95. The summed E-state index contributed by atoms with van der Waals surface area (Å²) in [5.41, 5.74) is 5.14. The number of amidine groups is 1. The van der Waals surface area contributed by atoms with Crippen LogP contribution in [-0.4, -0.2) is 35.7 Å². The molecule has 7 heteroatoms. The van der Waals surface area contributed by atoms with Crippen molar-refractivity contribution in [2.75, 3.05) is 13.7 Å². The van der Waals surface area contributed by atoms with E-state index in [1.165, 1.54) is 25.3 Å². The Balaban J connectivity index is 2.75. The molecule has 0 bridgehead atoms.